The van der Waals surface area contributed by atoms with Crippen molar-refractivity contribution in [3.63, 3.8) is 0 Å². The Balaban J connectivity index is 2.25. The lowest BCUT2D eigenvalue weighted by Gasteiger charge is -2.17. The highest BCUT2D eigenvalue weighted by molar-refractivity contribution is 6.33. The van der Waals surface area contributed by atoms with E-state index in [-0.39, 0.29) is 6.04 Å². The van der Waals surface area contributed by atoms with Crippen molar-refractivity contribution >= 4 is 17.3 Å². The monoisotopic (exact) mass is 293 g/mol. The van der Waals surface area contributed by atoms with Crippen LogP contribution in [0.15, 0.2) is 30.7 Å². The largest absolute Gasteiger partial charge is 0.493 e. The lowest BCUT2D eigenvalue weighted by atomic mass is 10.2. The fourth-order valence-corrected chi connectivity index (χ4v) is 2.01. The molecule has 0 amide bonds. The number of benzene rings is 1. The number of nitrogens with one attached hydrogen (secondary N) is 1. The summed E-state index contributed by atoms with van der Waals surface area (Å²) >= 11 is 6.23. The topological polar surface area (TPSA) is 56.3 Å². The molecule has 1 heterocycles. The molecule has 1 N–H and O–H groups in total. The van der Waals surface area contributed by atoms with Crippen LogP contribution in [-0.2, 0) is 0 Å². The number of aromatic nitrogens is 2. The third kappa shape index (κ3) is 3.11. The quantitative estimate of drug-likeness (QED) is 0.916. The van der Waals surface area contributed by atoms with Gasteiger partial charge in [0.25, 0.3) is 0 Å². The molecule has 1 atom stereocenters. The van der Waals surface area contributed by atoms with E-state index in [1.54, 1.807) is 44.9 Å². The Morgan fingerprint density at radius 1 is 1.15 bits per heavy atom. The fraction of sp³-hybridized carbons (Fsp3) is 0.286. The molecule has 0 bridgehead atoms. The van der Waals surface area contributed by atoms with E-state index in [2.05, 4.69) is 15.3 Å². The minimum absolute atomic E-state index is 0.0284. The van der Waals surface area contributed by atoms with Gasteiger partial charge in [0, 0.05) is 24.5 Å². The van der Waals surface area contributed by atoms with Crippen LogP contribution in [0.1, 0.15) is 18.7 Å². The summed E-state index contributed by atoms with van der Waals surface area (Å²) in [7, 11) is 3.16. The van der Waals surface area contributed by atoms with Gasteiger partial charge in [0.15, 0.2) is 11.5 Å². The zero-order valence-electron chi connectivity index (χ0n) is 11.6. The maximum Gasteiger partial charge on any atom is 0.162 e. The molecule has 0 saturated heterocycles. The molecule has 0 aliphatic heterocycles. The molecule has 20 heavy (non-hydrogen) atoms. The van der Waals surface area contributed by atoms with Crippen LogP contribution >= 0.6 is 11.6 Å². The summed E-state index contributed by atoms with van der Waals surface area (Å²) in [4.78, 5) is 8.31. The Bertz CT molecular complexity index is 578. The maximum atomic E-state index is 6.23. The first-order valence-corrected chi connectivity index (χ1v) is 6.47. The summed E-state index contributed by atoms with van der Waals surface area (Å²) in [5, 5.41) is 3.84. The normalized spacial score (nSPS) is 11.8. The molecule has 0 saturated carbocycles. The highest BCUT2D eigenvalue weighted by Crippen LogP contribution is 2.37. The number of hydrogen-bond acceptors (Lipinski definition) is 5. The van der Waals surface area contributed by atoms with Crippen LogP contribution in [0.25, 0.3) is 0 Å². The Hall–Kier alpha value is -2.01. The first-order valence-electron chi connectivity index (χ1n) is 6.09. The molecule has 2 rings (SSSR count). The number of rotatable bonds is 5. The highest BCUT2D eigenvalue weighted by atomic mass is 35.5. The van der Waals surface area contributed by atoms with Crippen LogP contribution in [-0.4, -0.2) is 24.2 Å². The molecule has 0 spiro atoms. The van der Waals surface area contributed by atoms with E-state index in [0.29, 0.717) is 16.5 Å². The van der Waals surface area contributed by atoms with Gasteiger partial charge in [0.2, 0.25) is 0 Å². The second-order valence-corrected chi connectivity index (χ2v) is 4.59. The van der Waals surface area contributed by atoms with Gasteiger partial charge in [-0.1, -0.05) is 11.6 Å². The molecule has 0 aliphatic rings. The van der Waals surface area contributed by atoms with Crippen LogP contribution in [0.5, 0.6) is 11.5 Å². The summed E-state index contributed by atoms with van der Waals surface area (Å²) in [5.74, 6) is 1.21. The average molecular weight is 294 g/mol. The van der Waals surface area contributed by atoms with Gasteiger partial charge in [0.1, 0.15) is 0 Å². The van der Waals surface area contributed by atoms with Crippen LogP contribution < -0.4 is 14.8 Å². The maximum absolute atomic E-state index is 6.23. The van der Waals surface area contributed by atoms with E-state index in [0.717, 1.165) is 11.4 Å². The number of methoxy groups -OCH3 is 2. The molecule has 2 aromatic rings. The zero-order valence-corrected chi connectivity index (χ0v) is 12.3. The lowest BCUT2D eigenvalue weighted by Crippen LogP contribution is -2.09. The first-order chi connectivity index (χ1) is 9.65. The second kappa shape index (κ2) is 6.43. The van der Waals surface area contributed by atoms with E-state index in [1.807, 2.05) is 6.92 Å². The van der Waals surface area contributed by atoms with Gasteiger partial charge in [0.05, 0.1) is 42.9 Å². The number of hydrogen-bond donors (Lipinski definition) is 1. The number of anilines is 1. The third-order valence-corrected chi connectivity index (χ3v) is 3.18. The highest BCUT2D eigenvalue weighted by Gasteiger charge is 2.13. The zero-order chi connectivity index (χ0) is 14.5. The van der Waals surface area contributed by atoms with E-state index in [1.165, 1.54) is 0 Å². The van der Waals surface area contributed by atoms with Gasteiger partial charge >= 0.3 is 0 Å². The Morgan fingerprint density at radius 3 is 2.45 bits per heavy atom. The second-order valence-electron chi connectivity index (χ2n) is 4.18. The molecular formula is C14H16ClN3O2. The van der Waals surface area contributed by atoms with E-state index in [4.69, 9.17) is 21.1 Å². The summed E-state index contributed by atoms with van der Waals surface area (Å²) < 4.78 is 10.5. The minimum Gasteiger partial charge on any atom is -0.493 e. The lowest BCUT2D eigenvalue weighted by molar-refractivity contribution is 0.355. The van der Waals surface area contributed by atoms with Gasteiger partial charge in [-0.25, -0.2) is 0 Å². The molecular weight excluding hydrogens is 278 g/mol. The first kappa shape index (κ1) is 14.4. The van der Waals surface area contributed by atoms with E-state index < -0.39 is 0 Å². The molecule has 1 aromatic heterocycles. The number of halogens is 1. The smallest absolute Gasteiger partial charge is 0.162 e. The van der Waals surface area contributed by atoms with Gasteiger partial charge in [-0.15, -0.1) is 0 Å². The van der Waals surface area contributed by atoms with E-state index >= 15 is 0 Å². The van der Waals surface area contributed by atoms with Crippen molar-refractivity contribution in [1.29, 1.82) is 0 Å². The predicted molar refractivity (Wildman–Crippen MR) is 78.6 cm³/mol. The Morgan fingerprint density at radius 2 is 1.85 bits per heavy atom. The van der Waals surface area contributed by atoms with E-state index in [9.17, 15) is 0 Å². The molecule has 0 aliphatic carbocycles. The summed E-state index contributed by atoms with van der Waals surface area (Å²) in [6.07, 6.45) is 5.01. The molecule has 1 aromatic carbocycles. The summed E-state index contributed by atoms with van der Waals surface area (Å²) in [5.41, 5.74) is 1.58. The molecule has 5 nitrogen and oxygen atoms in total. The SMILES string of the molecule is COc1cc(Cl)c(NC(C)c2cnccn2)cc1OC. The summed E-state index contributed by atoms with van der Waals surface area (Å²) in [6, 6.07) is 3.49. The van der Waals surface area contributed by atoms with Crippen LogP contribution in [0, 0.1) is 0 Å². The molecule has 0 fully saturated rings. The molecule has 0 radical (unpaired) electrons. The van der Waals surface area contributed by atoms with Crippen molar-refractivity contribution in [1.82, 2.24) is 9.97 Å². The van der Waals surface area contributed by atoms with Gasteiger partial charge in [-0.05, 0) is 6.92 Å². The fourth-order valence-electron chi connectivity index (χ4n) is 1.81. The number of nitrogens with zero attached hydrogens (tertiary/aromatic N) is 2. The van der Waals surface area contributed by atoms with Crippen molar-refractivity contribution in [2.24, 2.45) is 0 Å². The van der Waals surface area contributed by atoms with Crippen LogP contribution in [0.2, 0.25) is 5.02 Å². The van der Waals surface area contributed by atoms with Gasteiger partial charge in [-0.3, -0.25) is 9.97 Å². The van der Waals surface area contributed by atoms with Crippen LogP contribution in [0.3, 0.4) is 0 Å². The Labute approximate surface area is 122 Å². The number of ether oxygens (including phenoxy) is 2. The van der Waals surface area contributed by atoms with Crippen molar-refractivity contribution in [2.45, 2.75) is 13.0 Å². The summed E-state index contributed by atoms with van der Waals surface area (Å²) in [6.45, 7) is 1.98. The molecule has 1 unspecified atom stereocenters. The van der Waals surface area contributed by atoms with Crippen molar-refractivity contribution < 1.29 is 9.47 Å². The van der Waals surface area contributed by atoms with Gasteiger partial charge in [-0.2, -0.15) is 0 Å². The van der Waals surface area contributed by atoms with Gasteiger partial charge < -0.3 is 14.8 Å². The predicted octanol–water partition coefficient (Wildman–Crippen LogP) is 3.32. The Kier molecular flexibility index (Phi) is 4.63. The standard InChI is InChI=1S/C14H16ClN3O2/c1-9(12-8-16-4-5-17-12)18-11-7-14(20-3)13(19-2)6-10(11)15/h4-9,18H,1-3H3. The van der Waals surface area contributed by atoms with Crippen molar-refractivity contribution in [2.75, 3.05) is 19.5 Å². The molecule has 106 valence electrons. The van der Waals surface area contributed by atoms with Crippen LogP contribution in [0.4, 0.5) is 5.69 Å². The average Bonchev–Trinajstić information content (AvgIpc) is 2.49. The third-order valence-electron chi connectivity index (χ3n) is 2.87. The molecule has 6 heteroatoms. The minimum atomic E-state index is -0.0284. The van der Waals surface area contributed by atoms with Crippen molar-refractivity contribution in [3.8, 4) is 11.5 Å². The van der Waals surface area contributed by atoms with Crippen molar-refractivity contribution in [3.05, 3.63) is 41.4 Å².